The minimum Gasteiger partial charge on any atom is -0.481 e. The highest BCUT2D eigenvalue weighted by Crippen LogP contribution is 2.16. The molecule has 60 valence electrons. The molecule has 0 saturated heterocycles. The van der Waals surface area contributed by atoms with Crippen molar-refractivity contribution in [2.24, 2.45) is 5.92 Å². The van der Waals surface area contributed by atoms with Crippen molar-refractivity contribution in [2.45, 2.75) is 30.6 Å². The molecule has 0 rings (SSSR count). The minimum atomic E-state index is -0.694. The molecule has 0 heterocycles. The van der Waals surface area contributed by atoms with Crippen LogP contribution in [0.3, 0.4) is 0 Å². The third-order valence-electron chi connectivity index (χ3n) is 1.12. The Labute approximate surface area is 75.1 Å². The Hall–Kier alpha value is 0.200. The van der Waals surface area contributed by atoms with Gasteiger partial charge in [-0.1, -0.05) is 36.4 Å². The Kier molecular flexibility index (Phi) is 5.03. The standard InChI is InChI=1S/C7H13IO2/c1-5(2)3-6(8)4-7(9)10/h5-6H,3-4H2,1-2H3,(H,9,10). The van der Waals surface area contributed by atoms with E-state index in [0.717, 1.165) is 6.42 Å². The summed E-state index contributed by atoms with van der Waals surface area (Å²) in [6, 6.07) is 0. The maximum Gasteiger partial charge on any atom is 0.304 e. The lowest BCUT2D eigenvalue weighted by Gasteiger charge is -2.08. The molecule has 10 heavy (non-hydrogen) atoms. The molecule has 0 bridgehead atoms. The molecular formula is C7H13IO2. The predicted octanol–water partition coefficient (Wildman–Crippen LogP) is 2.31. The third-order valence-corrected chi connectivity index (χ3v) is 2.07. The normalized spacial score (nSPS) is 13.6. The lowest BCUT2D eigenvalue weighted by Crippen LogP contribution is -2.08. The van der Waals surface area contributed by atoms with E-state index in [9.17, 15) is 4.79 Å². The Morgan fingerprint density at radius 3 is 2.40 bits per heavy atom. The van der Waals surface area contributed by atoms with Gasteiger partial charge in [0.15, 0.2) is 0 Å². The molecule has 0 amide bonds. The largest absolute Gasteiger partial charge is 0.481 e. The number of aliphatic carboxylic acids is 1. The molecule has 1 N–H and O–H groups in total. The highest BCUT2D eigenvalue weighted by molar-refractivity contribution is 14.1. The first-order chi connectivity index (χ1) is 4.52. The van der Waals surface area contributed by atoms with Crippen LogP contribution in [0.2, 0.25) is 0 Å². The molecule has 1 atom stereocenters. The van der Waals surface area contributed by atoms with Gasteiger partial charge in [0.2, 0.25) is 0 Å². The van der Waals surface area contributed by atoms with E-state index >= 15 is 0 Å². The van der Waals surface area contributed by atoms with E-state index in [0.29, 0.717) is 12.3 Å². The van der Waals surface area contributed by atoms with Crippen LogP contribution < -0.4 is 0 Å². The first kappa shape index (κ1) is 10.2. The molecule has 0 aromatic rings. The summed E-state index contributed by atoms with van der Waals surface area (Å²) in [5.41, 5.74) is 0. The van der Waals surface area contributed by atoms with Crippen molar-refractivity contribution in [2.75, 3.05) is 0 Å². The van der Waals surface area contributed by atoms with E-state index in [1.165, 1.54) is 0 Å². The zero-order chi connectivity index (χ0) is 8.15. The first-order valence-electron chi connectivity index (χ1n) is 3.38. The van der Waals surface area contributed by atoms with Crippen LogP contribution in [0.1, 0.15) is 26.7 Å². The van der Waals surface area contributed by atoms with Gasteiger partial charge in [-0.2, -0.15) is 0 Å². The van der Waals surface area contributed by atoms with E-state index in [1.807, 2.05) is 0 Å². The van der Waals surface area contributed by atoms with Crippen molar-refractivity contribution in [1.82, 2.24) is 0 Å². The molecular weight excluding hydrogens is 243 g/mol. The molecule has 0 aromatic heterocycles. The summed E-state index contributed by atoms with van der Waals surface area (Å²) >= 11 is 2.19. The average molecular weight is 256 g/mol. The predicted molar refractivity (Wildman–Crippen MR) is 49.5 cm³/mol. The van der Waals surface area contributed by atoms with Crippen LogP contribution in [-0.4, -0.2) is 15.0 Å². The molecule has 1 unspecified atom stereocenters. The SMILES string of the molecule is CC(C)CC(I)CC(=O)O. The third kappa shape index (κ3) is 6.32. The van der Waals surface area contributed by atoms with Crippen LogP contribution in [-0.2, 0) is 4.79 Å². The van der Waals surface area contributed by atoms with Crippen LogP contribution in [0.15, 0.2) is 0 Å². The average Bonchev–Trinajstić information content (AvgIpc) is 1.58. The van der Waals surface area contributed by atoms with Gasteiger partial charge in [-0.25, -0.2) is 0 Å². The Bertz CT molecular complexity index is 112. The monoisotopic (exact) mass is 256 g/mol. The number of rotatable bonds is 4. The fraction of sp³-hybridized carbons (Fsp3) is 0.857. The molecule has 0 saturated carbocycles. The first-order valence-corrected chi connectivity index (χ1v) is 4.62. The van der Waals surface area contributed by atoms with Gasteiger partial charge in [0.05, 0.1) is 6.42 Å². The summed E-state index contributed by atoms with van der Waals surface area (Å²) < 4.78 is 0.287. The molecule has 0 spiro atoms. The minimum absolute atomic E-state index is 0.287. The van der Waals surface area contributed by atoms with Crippen LogP contribution in [0.4, 0.5) is 0 Å². The van der Waals surface area contributed by atoms with Crippen molar-refractivity contribution in [3.63, 3.8) is 0 Å². The molecule has 0 aliphatic heterocycles. The number of carboxylic acid groups (broad SMARTS) is 1. The smallest absolute Gasteiger partial charge is 0.304 e. The van der Waals surface area contributed by atoms with Crippen molar-refractivity contribution < 1.29 is 9.90 Å². The second-order valence-corrected chi connectivity index (χ2v) is 4.59. The second-order valence-electron chi connectivity index (χ2n) is 2.82. The van der Waals surface area contributed by atoms with Crippen LogP contribution in [0, 0.1) is 5.92 Å². The number of carboxylic acids is 1. The van der Waals surface area contributed by atoms with Gasteiger partial charge in [-0.05, 0) is 12.3 Å². The van der Waals surface area contributed by atoms with Crippen LogP contribution in [0.25, 0.3) is 0 Å². The summed E-state index contributed by atoms with van der Waals surface area (Å²) in [6.07, 6.45) is 1.28. The molecule has 3 heteroatoms. The summed E-state index contributed by atoms with van der Waals surface area (Å²) in [7, 11) is 0. The topological polar surface area (TPSA) is 37.3 Å². The number of alkyl halides is 1. The molecule has 0 aliphatic carbocycles. The summed E-state index contributed by atoms with van der Waals surface area (Å²) in [4.78, 5) is 10.2. The van der Waals surface area contributed by atoms with Gasteiger partial charge >= 0.3 is 5.97 Å². The van der Waals surface area contributed by atoms with Crippen molar-refractivity contribution in [3.8, 4) is 0 Å². The second kappa shape index (κ2) is 4.93. The van der Waals surface area contributed by atoms with Gasteiger partial charge in [-0.15, -0.1) is 0 Å². The zero-order valence-electron chi connectivity index (χ0n) is 6.30. The van der Waals surface area contributed by atoms with E-state index < -0.39 is 5.97 Å². The zero-order valence-corrected chi connectivity index (χ0v) is 8.46. The number of carbonyl (C=O) groups is 1. The maximum absolute atomic E-state index is 10.2. The molecule has 0 radical (unpaired) electrons. The van der Waals surface area contributed by atoms with Crippen molar-refractivity contribution in [1.29, 1.82) is 0 Å². The quantitative estimate of drug-likeness (QED) is 0.619. The van der Waals surface area contributed by atoms with E-state index in [1.54, 1.807) is 0 Å². The highest BCUT2D eigenvalue weighted by Gasteiger charge is 2.10. The van der Waals surface area contributed by atoms with Gasteiger partial charge in [0, 0.05) is 3.92 Å². The summed E-state index contributed by atoms with van der Waals surface area (Å²) in [6.45, 7) is 4.21. The van der Waals surface area contributed by atoms with Crippen molar-refractivity contribution >= 4 is 28.6 Å². The van der Waals surface area contributed by atoms with E-state index in [2.05, 4.69) is 36.4 Å². The summed E-state index contributed by atoms with van der Waals surface area (Å²) in [5.74, 6) is -0.0960. The van der Waals surface area contributed by atoms with E-state index in [-0.39, 0.29) is 3.92 Å². The van der Waals surface area contributed by atoms with Gasteiger partial charge in [-0.3, -0.25) is 4.79 Å². The molecule has 0 aliphatic rings. The fourth-order valence-corrected chi connectivity index (χ4v) is 2.18. The van der Waals surface area contributed by atoms with Gasteiger partial charge in [0.25, 0.3) is 0 Å². The van der Waals surface area contributed by atoms with Crippen molar-refractivity contribution in [3.05, 3.63) is 0 Å². The Balaban J connectivity index is 3.43. The number of hydrogen-bond acceptors (Lipinski definition) is 1. The molecule has 2 nitrogen and oxygen atoms in total. The Morgan fingerprint density at radius 1 is 1.60 bits per heavy atom. The van der Waals surface area contributed by atoms with Crippen LogP contribution in [0.5, 0.6) is 0 Å². The number of hydrogen-bond donors (Lipinski definition) is 1. The van der Waals surface area contributed by atoms with Gasteiger partial charge in [0.1, 0.15) is 0 Å². The lowest BCUT2D eigenvalue weighted by molar-refractivity contribution is -0.136. The maximum atomic E-state index is 10.2. The fourth-order valence-electron chi connectivity index (χ4n) is 0.784. The van der Waals surface area contributed by atoms with E-state index in [4.69, 9.17) is 5.11 Å². The number of halogens is 1. The van der Waals surface area contributed by atoms with Crippen LogP contribution >= 0.6 is 22.6 Å². The molecule has 0 fully saturated rings. The summed E-state index contributed by atoms with van der Waals surface area (Å²) in [5, 5.41) is 8.39. The van der Waals surface area contributed by atoms with Gasteiger partial charge < -0.3 is 5.11 Å². The molecule has 0 aromatic carbocycles. The highest BCUT2D eigenvalue weighted by atomic mass is 127. The Morgan fingerprint density at radius 2 is 2.10 bits per heavy atom. The lowest BCUT2D eigenvalue weighted by atomic mass is 10.1.